The second-order valence-electron chi connectivity index (χ2n) is 7.13. The number of ether oxygens (including phenoxy) is 2. The molecule has 8 heteroatoms. The zero-order valence-corrected chi connectivity index (χ0v) is 16.3. The van der Waals surface area contributed by atoms with Crippen LogP contribution in [0.25, 0.3) is 0 Å². The minimum Gasteiger partial charge on any atom is -0.444 e. The van der Waals surface area contributed by atoms with E-state index in [0.717, 1.165) is 15.7 Å². The molecule has 0 radical (unpaired) electrons. The van der Waals surface area contributed by atoms with Gasteiger partial charge in [0.2, 0.25) is 0 Å². The number of nitrogens with one attached hydrogen (secondary N) is 1. The van der Waals surface area contributed by atoms with E-state index in [1.807, 2.05) is 52.1 Å². The second-order valence-corrected chi connectivity index (χ2v) is 8.37. The van der Waals surface area contributed by atoms with Crippen LogP contribution in [-0.4, -0.2) is 46.3 Å². The summed E-state index contributed by atoms with van der Waals surface area (Å²) in [6.07, 6.45) is 1.22. The van der Waals surface area contributed by atoms with Crippen molar-refractivity contribution in [2.45, 2.75) is 39.4 Å². The predicted molar refractivity (Wildman–Crippen MR) is 101 cm³/mol. The minimum atomic E-state index is -0.515. The number of hydrogen-bond donors (Lipinski definition) is 1. The number of morpholine rings is 1. The van der Waals surface area contributed by atoms with Gasteiger partial charge in [-0.25, -0.2) is 14.8 Å². The van der Waals surface area contributed by atoms with E-state index in [1.54, 1.807) is 16.2 Å². The van der Waals surface area contributed by atoms with Gasteiger partial charge in [-0.3, -0.25) is 0 Å². The molecule has 1 atom stereocenters. The molecule has 1 fully saturated rings. The monoisotopic (exact) mass is 376 g/mol. The fourth-order valence-corrected chi connectivity index (χ4v) is 3.21. The maximum atomic E-state index is 12.3. The third-order valence-corrected chi connectivity index (χ3v) is 4.50. The van der Waals surface area contributed by atoms with Crippen molar-refractivity contribution >= 4 is 28.4 Å². The van der Waals surface area contributed by atoms with Gasteiger partial charge in [-0.1, -0.05) is 6.07 Å². The summed E-state index contributed by atoms with van der Waals surface area (Å²) in [7, 11) is 0. The number of carbonyl (C=O) groups excluding carboxylic acids is 1. The lowest BCUT2D eigenvalue weighted by Crippen LogP contribution is -2.44. The fraction of sp³-hybridized carbons (Fsp3) is 0.500. The molecule has 3 rings (SSSR count). The quantitative estimate of drug-likeness (QED) is 0.875. The van der Waals surface area contributed by atoms with Gasteiger partial charge in [-0.05, 0) is 39.8 Å². The first-order valence-electron chi connectivity index (χ1n) is 8.56. The van der Waals surface area contributed by atoms with Crippen molar-refractivity contribution in [3.05, 3.63) is 35.0 Å². The topological polar surface area (TPSA) is 76.6 Å². The molecule has 7 nitrogen and oxygen atoms in total. The molecule has 2 aromatic rings. The molecular weight excluding hydrogens is 352 g/mol. The first-order valence-corrected chi connectivity index (χ1v) is 9.38. The Kier molecular flexibility index (Phi) is 5.43. The third-order valence-electron chi connectivity index (χ3n) is 3.67. The summed E-state index contributed by atoms with van der Waals surface area (Å²) >= 11 is 1.57. The lowest BCUT2D eigenvalue weighted by molar-refractivity contribution is -0.0446. The molecule has 3 heterocycles. The summed E-state index contributed by atoms with van der Waals surface area (Å²) in [6, 6.07) is 5.71. The molecule has 1 aliphatic heterocycles. The molecule has 2 aromatic heterocycles. The number of rotatable bonds is 3. The van der Waals surface area contributed by atoms with Crippen LogP contribution in [0, 0.1) is 6.92 Å². The molecule has 1 saturated heterocycles. The maximum absolute atomic E-state index is 12.3. The summed E-state index contributed by atoms with van der Waals surface area (Å²) < 4.78 is 11.3. The van der Waals surface area contributed by atoms with E-state index in [0.29, 0.717) is 25.5 Å². The van der Waals surface area contributed by atoms with Crippen LogP contribution in [0.5, 0.6) is 0 Å². The highest BCUT2D eigenvalue weighted by Gasteiger charge is 2.29. The van der Waals surface area contributed by atoms with Gasteiger partial charge >= 0.3 is 6.09 Å². The van der Waals surface area contributed by atoms with Gasteiger partial charge in [-0.15, -0.1) is 11.3 Å². The summed E-state index contributed by atoms with van der Waals surface area (Å²) in [5.74, 6) is 0.704. The van der Waals surface area contributed by atoms with Gasteiger partial charge in [0.05, 0.1) is 18.8 Å². The van der Waals surface area contributed by atoms with Gasteiger partial charge in [0.15, 0.2) is 5.13 Å². The van der Waals surface area contributed by atoms with Gasteiger partial charge in [0.1, 0.15) is 17.5 Å². The van der Waals surface area contributed by atoms with Crippen molar-refractivity contribution in [3.8, 4) is 0 Å². The Hall–Kier alpha value is -2.19. The molecular formula is C18H24N4O3S. The van der Waals surface area contributed by atoms with E-state index in [1.165, 1.54) is 0 Å². The lowest BCUT2D eigenvalue weighted by atomic mass is 10.2. The van der Waals surface area contributed by atoms with Gasteiger partial charge in [0.25, 0.3) is 0 Å². The smallest absolute Gasteiger partial charge is 0.410 e. The highest BCUT2D eigenvalue weighted by Crippen LogP contribution is 2.25. The Bertz CT molecular complexity index is 772. The van der Waals surface area contributed by atoms with Crippen LogP contribution in [0.15, 0.2) is 24.4 Å². The second kappa shape index (κ2) is 7.59. The van der Waals surface area contributed by atoms with Crippen molar-refractivity contribution < 1.29 is 14.3 Å². The molecule has 0 saturated carbocycles. The van der Waals surface area contributed by atoms with E-state index < -0.39 is 5.60 Å². The Morgan fingerprint density at radius 2 is 2.23 bits per heavy atom. The highest BCUT2D eigenvalue weighted by molar-refractivity contribution is 7.15. The first-order chi connectivity index (χ1) is 12.3. The van der Waals surface area contributed by atoms with E-state index in [9.17, 15) is 4.79 Å². The largest absolute Gasteiger partial charge is 0.444 e. The van der Waals surface area contributed by atoms with Gasteiger partial charge in [-0.2, -0.15) is 0 Å². The Morgan fingerprint density at radius 3 is 2.92 bits per heavy atom. The van der Waals surface area contributed by atoms with E-state index in [2.05, 4.69) is 15.3 Å². The fourth-order valence-electron chi connectivity index (χ4n) is 2.54. The van der Waals surface area contributed by atoms with Crippen LogP contribution in [0.1, 0.15) is 37.4 Å². The number of carbonyl (C=O) groups is 1. The Labute approximate surface area is 157 Å². The molecule has 0 bridgehead atoms. The number of pyridine rings is 1. The molecule has 1 amide bonds. The maximum Gasteiger partial charge on any atom is 0.410 e. The number of nitrogens with zero attached hydrogens (tertiary/aromatic N) is 3. The molecule has 0 aromatic carbocycles. The molecule has 0 aliphatic carbocycles. The summed E-state index contributed by atoms with van der Waals surface area (Å²) in [6.45, 7) is 8.98. The summed E-state index contributed by atoms with van der Waals surface area (Å²) in [4.78, 5) is 24.0. The lowest BCUT2D eigenvalue weighted by Gasteiger charge is -2.34. The van der Waals surface area contributed by atoms with Crippen LogP contribution < -0.4 is 5.32 Å². The molecule has 1 unspecified atom stereocenters. The standard InChI is InChI=1S/C18H24N4O3S/c1-12-10-19-16(26-12)21-15-7-5-6-13(20-15)14-11-22(8-9-24-14)17(23)25-18(2,3)4/h5-7,10,14H,8-9,11H2,1-4H3,(H,19,20,21). The molecule has 140 valence electrons. The zero-order chi connectivity index (χ0) is 18.7. The van der Waals surface area contributed by atoms with Gasteiger partial charge in [0, 0.05) is 17.6 Å². The van der Waals surface area contributed by atoms with Crippen LogP contribution >= 0.6 is 11.3 Å². The molecule has 1 aliphatic rings. The minimum absolute atomic E-state index is 0.281. The van der Waals surface area contributed by atoms with Crippen LogP contribution in [-0.2, 0) is 9.47 Å². The number of aromatic nitrogens is 2. The average molecular weight is 376 g/mol. The van der Waals surface area contributed by atoms with Crippen molar-refractivity contribution in [1.29, 1.82) is 0 Å². The highest BCUT2D eigenvalue weighted by atomic mass is 32.1. The molecule has 0 spiro atoms. The van der Waals surface area contributed by atoms with Crippen molar-refractivity contribution in [1.82, 2.24) is 14.9 Å². The van der Waals surface area contributed by atoms with E-state index in [4.69, 9.17) is 9.47 Å². The first kappa shape index (κ1) is 18.6. The van der Waals surface area contributed by atoms with Crippen LogP contribution in [0.4, 0.5) is 15.7 Å². The van der Waals surface area contributed by atoms with Crippen molar-refractivity contribution in [2.24, 2.45) is 0 Å². The van der Waals surface area contributed by atoms with Crippen molar-refractivity contribution in [2.75, 3.05) is 25.0 Å². The third kappa shape index (κ3) is 4.92. The summed E-state index contributed by atoms with van der Waals surface area (Å²) in [5.41, 5.74) is 0.260. The van der Waals surface area contributed by atoms with Gasteiger partial charge < -0.3 is 19.7 Å². The van der Waals surface area contributed by atoms with Crippen LogP contribution in [0.2, 0.25) is 0 Å². The normalized spacial score (nSPS) is 17.8. The SMILES string of the molecule is Cc1cnc(Nc2cccc(C3CN(C(=O)OC(C)(C)C)CCO3)n2)s1. The van der Waals surface area contributed by atoms with E-state index >= 15 is 0 Å². The van der Waals surface area contributed by atoms with Crippen molar-refractivity contribution in [3.63, 3.8) is 0 Å². The summed E-state index contributed by atoms with van der Waals surface area (Å²) in [5, 5.41) is 4.00. The zero-order valence-electron chi connectivity index (χ0n) is 15.5. The van der Waals surface area contributed by atoms with Crippen LogP contribution in [0.3, 0.4) is 0 Å². The number of hydrogen-bond acceptors (Lipinski definition) is 7. The van der Waals surface area contributed by atoms with E-state index in [-0.39, 0.29) is 12.2 Å². The molecule has 1 N–H and O–H groups in total. The predicted octanol–water partition coefficient (Wildman–Crippen LogP) is 3.90. The number of anilines is 2. The number of aryl methyl sites for hydroxylation is 1. The Balaban J connectivity index is 1.68. The number of thiazole rings is 1. The Morgan fingerprint density at radius 1 is 1.42 bits per heavy atom. The number of amides is 1. The molecule has 26 heavy (non-hydrogen) atoms. The average Bonchev–Trinajstić information content (AvgIpc) is 2.98.